The molecule has 0 spiro atoms. The summed E-state index contributed by atoms with van der Waals surface area (Å²) in [7, 11) is 1.75. The number of hydrogen-bond donors (Lipinski definition) is 2. The van der Waals surface area contributed by atoms with Crippen LogP contribution in [0.25, 0.3) is 0 Å². The van der Waals surface area contributed by atoms with Crippen LogP contribution in [0.4, 0.5) is 17.6 Å². The van der Waals surface area contributed by atoms with Crippen LogP contribution in [0.1, 0.15) is 12.5 Å². The van der Waals surface area contributed by atoms with Crippen LogP contribution in [0, 0.1) is 6.92 Å². The van der Waals surface area contributed by atoms with Gasteiger partial charge in [0.05, 0.1) is 6.61 Å². The van der Waals surface area contributed by atoms with Crippen LogP contribution in [0.15, 0.2) is 22.7 Å². The Bertz CT molecular complexity index is 605. The van der Waals surface area contributed by atoms with Crippen molar-refractivity contribution >= 4 is 33.5 Å². The van der Waals surface area contributed by atoms with Gasteiger partial charge in [-0.3, -0.25) is 0 Å². The highest BCUT2D eigenvalue weighted by Gasteiger charge is 2.07. The highest BCUT2D eigenvalue weighted by atomic mass is 79.9. The van der Waals surface area contributed by atoms with Crippen molar-refractivity contribution in [3.8, 4) is 6.01 Å². The van der Waals surface area contributed by atoms with E-state index in [1.165, 1.54) is 0 Å². The van der Waals surface area contributed by atoms with E-state index >= 15 is 0 Å². The summed E-state index contributed by atoms with van der Waals surface area (Å²) in [5.74, 6) is 0.898. The van der Waals surface area contributed by atoms with Gasteiger partial charge in [0.15, 0.2) is 0 Å². The second kappa shape index (κ2) is 6.51. The molecule has 106 valence electrons. The second-order valence-electron chi connectivity index (χ2n) is 4.04. The second-order valence-corrected chi connectivity index (χ2v) is 4.89. The molecule has 2 N–H and O–H groups in total. The van der Waals surface area contributed by atoms with E-state index in [-0.39, 0.29) is 0 Å². The number of rotatable bonds is 5. The third-order valence-electron chi connectivity index (χ3n) is 2.53. The number of aryl methyl sites for hydroxylation is 1. The van der Waals surface area contributed by atoms with Crippen LogP contribution < -0.4 is 15.4 Å². The summed E-state index contributed by atoms with van der Waals surface area (Å²) in [5, 5.41) is 6.03. The van der Waals surface area contributed by atoms with Crippen molar-refractivity contribution in [1.82, 2.24) is 15.0 Å². The Hall–Kier alpha value is -1.89. The molecule has 7 heteroatoms. The molecular weight excluding hydrogens is 322 g/mol. The van der Waals surface area contributed by atoms with Gasteiger partial charge in [-0.2, -0.15) is 15.0 Å². The fourth-order valence-electron chi connectivity index (χ4n) is 1.57. The quantitative estimate of drug-likeness (QED) is 0.873. The summed E-state index contributed by atoms with van der Waals surface area (Å²) in [5.41, 5.74) is 2.03. The maximum absolute atomic E-state index is 5.32. The lowest BCUT2D eigenvalue weighted by Gasteiger charge is -2.09. The fourth-order valence-corrected chi connectivity index (χ4v) is 1.82. The molecule has 1 heterocycles. The molecule has 6 nitrogen and oxygen atoms in total. The summed E-state index contributed by atoms with van der Waals surface area (Å²) in [6, 6.07) is 6.22. The third kappa shape index (κ3) is 3.57. The zero-order chi connectivity index (χ0) is 14.5. The van der Waals surface area contributed by atoms with E-state index in [2.05, 4.69) is 41.5 Å². The Morgan fingerprint density at radius 2 is 1.95 bits per heavy atom. The van der Waals surface area contributed by atoms with Crippen molar-refractivity contribution in [1.29, 1.82) is 0 Å². The predicted octanol–water partition coefficient (Wildman–Crippen LogP) is 3.13. The maximum Gasteiger partial charge on any atom is 0.323 e. The number of ether oxygens (including phenoxy) is 1. The molecule has 2 rings (SSSR count). The number of nitrogens with zero attached hydrogens (tertiary/aromatic N) is 3. The van der Waals surface area contributed by atoms with Crippen molar-refractivity contribution < 1.29 is 4.74 Å². The summed E-state index contributed by atoms with van der Waals surface area (Å²) < 4.78 is 6.38. The van der Waals surface area contributed by atoms with Crippen LogP contribution in [0.3, 0.4) is 0 Å². The molecule has 1 aromatic carbocycles. The van der Waals surface area contributed by atoms with Gasteiger partial charge in [0.1, 0.15) is 0 Å². The Morgan fingerprint density at radius 1 is 1.20 bits per heavy atom. The lowest BCUT2D eigenvalue weighted by Crippen LogP contribution is -2.07. The SMILES string of the molecule is CCOc1nc(NC)nc(Nc2ccc(Br)c(C)c2)n1. The van der Waals surface area contributed by atoms with Crippen molar-refractivity contribution in [2.75, 3.05) is 24.3 Å². The Labute approximate surface area is 126 Å². The predicted molar refractivity (Wildman–Crippen MR) is 82.7 cm³/mol. The van der Waals surface area contributed by atoms with Gasteiger partial charge in [0, 0.05) is 17.2 Å². The minimum Gasteiger partial charge on any atom is -0.464 e. The van der Waals surface area contributed by atoms with E-state index in [4.69, 9.17) is 4.74 Å². The summed E-state index contributed by atoms with van der Waals surface area (Å²) >= 11 is 3.47. The normalized spacial score (nSPS) is 10.2. The first-order valence-corrected chi connectivity index (χ1v) is 7.01. The average Bonchev–Trinajstić information content (AvgIpc) is 2.43. The first kappa shape index (κ1) is 14.5. The zero-order valence-corrected chi connectivity index (χ0v) is 13.2. The van der Waals surface area contributed by atoms with Gasteiger partial charge < -0.3 is 15.4 Å². The molecule has 0 fully saturated rings. The Balaban J connectivity index is 2.27. The molecule has 0 aliphatic rings. The van der Waals surface area contributed by atoms with E-state index < -0.39 is 0 Å². The molecule has 0 amide bonds. The van der Waals surface area contributed by atoms with Gasteiger partial charge in [0.25, 0.3) is 0 Å². The van der Waals surface area contributed by atoms with Crippen molar-refractivity contribution in [3.05, 3.63) is 28.2 Å². The van der Waals surface area contributed by atoms with E-state index in [1.54, 1.807) is 7.05 Å². The number of halogens is 1. The summed E-state index contributed by atoms with van der Waals surface area (Å²) in [6.07, 6.45) is 0. The summed E-state index contributed by atoms with van der Waals surface area (Å²) in [4.78, 5) is 12.6. The largest absolute Gasteiger partial charge is 0.464 e. The minimum atomic E-state index is 0.295. The highest BCUT2D eigenvalue weighted by Crippen LogP contribution is 2.22. The van der Waals surface area contributed by atoms with E-state index in [1.807, 2.05) is 32.0 Å². The van der Waals surface area contributed by atoms with Gasteiger partial charge >= 0.3 is 6.01 Å². The molecule has 0 bridgehead atoms. The number of anilines is 3. The van der Waals surface area contributed by atoms with Crippen molar-refractivity contribution in [2.45, 2.75) is 13.8 Å². The fraction of sp³-hybridized carbons (Fsp3) is 0.308. The first-order chi connectivity index (χ1) is 9.62. The Kier molecular flexibility index (Phi) is 4.73. The molecule has 2 aromatic rings. The van der Waals surface area contributed by atoms with Crippen LogP contribution >= 0.6 is 15.9 Å². The number of nitrogens with one attached hydrogen (secondary N) is 2. The molecule has 0 atom stereocenters. The Morgan fingerprint density at radius 3 is 2.60 bits per heavy atom. The van der Waals surface area contributed by atoms with Crippen LogP contribution in [0.2, 0.25) is 0 Å². The molecule has 0 saturated heterocycles. The highest BCUT2D eigenvalue weighted by molar-refractivity contribution is 9.10. The monoisotopic (exact) mass is 337 g/mol. The minimum absolute atomic E-state index is 0.295. The van der Waals surface area contributed by atoms with Gasteiger partial charge in [0.2, 0.25) is 11.9 Å². The van der Waals surface area contributed by atoms with Crippen molar-refractivity contribution in [3.63, 3.8) is 0 Å². The van der Waals surface area contributed by atoms with E-state index in [0.29, 0.717) is 24.5 Å². The number of hydrogen-bond acceptors (Lipinski definition) is 6. The lowest BCUT2D eigenvalue weighted by atomic mass is 10.2. The molecule has 0 aliphatic carbocycles. The van der Waals surface area contributed by atoms with Gasteiger partial charge in [-0.15, -0.1) is 0 Å². The smallest absolute Gasteiger partial charge is 0.323 e. The molecule has 0 saturated carbocycles. The molecule has 20 heavy (non-hydrogen) atoms. The average molecular weight is 338 g/mol. The maximum atomic E-state index is 5.32. The van der Waals surface area contributed by atoms with Gasteiger partial charge in [-0.25, -0.2) is 0 Å². The number of aromatic nitrogens is 3. The number of benzene rings is 1. The van der Waals surface area contributed by atoms with Crippen LogP contribution in [-0.4, -0.2) is 28.6 Å². The molecule has 1 aromatic heterocycles. The zero-order valence-electron chi connectivity index (χ0n) is 11.6. The first-order valence-electron chi connectivity index (χ1n) is 6.22. The topological polar surface area (TPSA) is 72.0 Å². The van der Waals surface area contributed by atoms with E-state index in [0.717, 1.165) is 15.7 Å². The lowest BCUT2D eigenvalue weighted by molar-refractivity contribution is 0.312. The van der Waals surface area contributed by atoms with E-state index in [9.17, 15) is 0 Å². The summed E-state index contributed by atoms with van der Waals surface area (Å²) in [6.45, 7) is 4.41. The molecule has 0 radical (unpaired) electrons. The van der Waals surface area contributed by atoms with Crippen LogP contribution in [-0.2, 0) is 0 Å². The molecular formula is C13H16BrN5O. The van der Waals surface area contributed by atoms with Gasteiger partial charge in [-0.1, -0.05) is 15.9 Å². The third-order valence-corrected chi connectivity index (χ3v) is 3.42. The van der Waals surface area contributed by atoms with Crippen LogP contribution in [0.5, 0.6) is 6.01 Å². The van der Waals surface area contributed by atoms with Crippen molar-refractivity contribution in [2.24, 2.45) is 0 Å². The standard InChI is InChI=1S/C13H16BrN5O/c1-4-20-13-18-11(15-3)17-12(19-13)16-9-5-6-10(14)8(2)7-9/h5-7H,4H2,1-3H3,(H2,15,16,17,18,19). The van der Waals surface area contributed by atoms with Gasteiger partial charge in [-0.05, 0) is 37.6 Å². The molecule has 0 unspecified atom stereocenters. The molecule has 0 aliphatic heterocycles.